The first-order chi connectivity index (χ1) is 18.1. The van der Waals surface area contributed by atoms with Gasteiger partial charge in [0, 0.05) is 24.2 Å². The molecule has 0 aliphatic carbocycles. The minimum Gasteiger partial charge on any atom is -0.493 e. The van der Waals surface area contributed by atoms with Gasteiger partial charge in [0.25, 0.3) is 0 Å². The number of ketones is 1. The maximum Gasteiger partial charge on any atom is 0.216 e. The molecule has 5 aromatic rings. The zero-order chi connectivity index (χ0) is 25.9. The van der Waals surface area contributed by atoms with Crippen molar-refractivity contribution in [1.29, 1.82) is 0 Å². The summed E-state index contributed by atoms with van der Waals surface area (Å²) in [5.41, 5.74) is 4.57. The van der Waals surface area contributed by atoms with E-state index in [0.717, 1.165) is 48.6 Å². The van der Waals surface area contributed by atoms with E-state index in [9.17, 15) is 4.79 Å². The Morgan fingerprint density at radius 3 is 2.22 bits per heavy atom. The van der Waals surface area contributed by atoms with Gasteiger partial charge in [0.2, 0.25) is 11.6 Å². The Morgan fingerprint density at radius 1 is 0.865 bits per heavy atom. The van der Waals surface area contributed by atoms with Gasteiger partial charge in [-0.05, 0) is 43.4 Å². The molecule has 0 unspecified atom stereocenters. The number of aromatic nitrogens is 3. The lowest BCUT2D eigenvalue weighted by atomic mass is 10.0. The maximum absolute atomic E-state index is 14.1. The first-order valence-corrected chi connectivity index (χ1v) is 12.6. The Labute approximate surface area is 216 Å². The number of hydrogen-bond donors (Lipinski definition) is 0. The number of ether oxygens (including phenoxy) is 2. The van der Waals surface area contributed by atoms with Crippen molar-refractivity contribution in [1.82, 2.24) is 18.9 Å². The van der Waals surface area contributed by atoms with Crippen molar-refractivity contribution < 1.29 is 14.3 Å². The molecule has 0 N–H and O–H groups in total. The second-order valence-electron chi connectivity index (χ2n) is 8.88. The van der Waals surface area contributed by atoms with E-state index < -0.39 is 0 Å². The van der Waals surface area contributed by atoms with Crippen LogP contribution in [0.25, 0.3) is 28.1 Å². The molecule has 7 heteroatoms. The molecule has 2 heterocycles. The van der Waals surface area contributed by atoms with Crippen LogP contribution in [-0.4, -0.2) is 58.5 Å². The van der Waals surface area contributed by atoms with Gasteiger partial charge in [-0.2, -0.15) is 0 Å². The van der Waals surface area contributed by atoms with E-state index in [4.69, 9.17) is 14.5 Å². The lowest BCUT2D eigenvalue weighted by Gasteiger charge is -2.18. The fourth-order valence-electron chi connectivity index (χ4n) is 4.93. The fourth-order valence-corrected chi connectivity index (χ4v) is 4.93. The van der Waals surface area contributed by atoms with E-state index in [2.05, 4.69) is 35.4 Å². The predicted molar refractivity (Wildman–Crippen MR) is 147 cm³/mol. The summed E-state index contributed by atoms with van der Waals surface area (Å²) < 4.78 is 15.2. The number of benzene rings is 3. The number of hydrogen-bond acceptors (Lipinski definition) is 5. The van der Waals surface area contributed by atoms with Crippen LogP contribution in [0.3, 0.4) is 0 Å². The molecule has 0 saturated heterocycles. The van der Waals surface area contributed by atoms with Crippen LogP contribution in [0.5, 0.6) is 11.5 Å². The molecule has 190 valence electrons. The second-order valence-corrected chi connectivity index (χ2v) is 8.88. The van der Waals surface area contributed by atoms with E-state index in [1.165, 1.54) is 0 Å². The van der Waals surface area contributed by atoms with Gasteiger partial charge in [0.05, 0.1) is 25.3 Å². The minimum atomic E-state index is -0.0791. The van der Waals surface area contributed by atoms with Gasteiger partial charge in [0.15, 0.2) is 11.5 Å². The maximum atomic E-state index is 14.1. The van der Waals surface area contributed by atoms with Crippen molar-refractivity contribution in [2.45, 2.75) is 20.4 Å². The van der Waals surface area contributed by atoms with Gasteiger partial charge in [0.1, 0.15) is 11.4 Å². The average molecular weight is 497 g/mol. The molecule has 37 heavy (non-hydrogen) atoms. The lowest BCUT2D eigenvalue weighted by Crippen LogP contribution is -2.27. The largest absolute Gasteiger partial charge is 0.493 e. The smallest absolute Gasteiger partial charge is 0.216 e. The number of nitrogens with zero attached hydrogens (tertiary/aromatic N) is 4. The number of carbonyl (C=O) groups excluding carboxylic acids is 1. The SMILES string of the molecule is CCN(CC)CCn1c2ccccc2n2c(C(=O)c3ccccc3)c(-c3ccc(OC)c(OC)c3)nc12. The Morgan fingerprint density at radius 2 is 1.54 bits per heavy atom. The lowest BCUT2D eigenvalue weighted by molar-refractivity contribution is 0.103. The highest BCUT2D eigenvalue weighted by molar-refractivity contribution is 6.12. The second kappa shape index (κ2) is 10.5. The van der Waals surface area contributed by atoms with Crippen molar-refractivity contribution in [3.63, 3.8) is 0 Å². The number of rotatable bonds is 10. The van der Waals surface area contributed by atoms with Crippen molar-refractivity contribution in [3.8, 4) is 22.8 Å². The van der Waals surface area contributed by atoms with Gasteiger partial charge < -0.3 is 18.9 Å². The molecule has 0 saturated carbocycles. The van der Waals surface area contributed by atoms with E-state index >= 15 is 0 Å². The first kappa shape index (κ1) is 24.6. The third kappa shape index (κ3) is 4.36. The summed E-state index contributed by atoms with van der Waals surface area (Å²) in [6, 6.07) is 23.2. The van der Waals surface area contributed by atoms with Gasteiger partial charge >= 0.3 is 0 Å². The normalized spacial score (nSPS) is 11.5. The molecule has 2 aromatic heterocycles. The van der Waals surface area contributed by atoms with Crippen LogP contribution in [0.2, 0.25) is 0 Å². The first-order valence-electron chi connectivity index (χ1n) is 12.6. The third-order valence-electron chi connectivity index (χ3n) is 6.96. The monoisotopic (exact) mass is 496 g/mol. The molecule has 0 fully saturated rings. The van der Waals surface area contributed by atoms with Crippen LogP contribution >= 0.6 is 0 Å². The number of likely N-dealkylation sites (N-methyl/N-ethyl adjacent to an activating group) is 1. The Kier molecular flexibility index (Phi) is 6.97. The summed E-state index contributed by atoms with van der Waals surface area (Å²) in [5, 5.41) is 0. The Hall–Kier alpha value is -4.10. The van der Waals surface area contributed by atoms with Crippen LogP contribution in [0.15, 0.2) is 72.8 Å². The molecule has 0 amide bonds. The summed E-state index contributed by atoms with van der Waals surface area (Å²) in [7, 11) is 3.22. The van der Waals surface area contributed by atoms with Crippen LogP contribution in [0.4, 0.5) is 0 Å². The van der Waals surface area contributed by atoms with Crippen LogP contribution < -0.4 is 9.47 Å². The van der Waals surface area contributed by atoms with Crippen molar-refractivity contribution in [3.05, 3.63) is 84.1 Å². The van der Waals surface area contributed by atoms with E-state index in [0.29, 0.717) is 28.5 Å². The minimum absolute atomic E-state index is 0.0791. The number of methoxy groups -OCH3 is 2. The van der Waals surface area contributed by atoms with Gasteiger partial charge in [-0.3, -0.25) is 9.20 Å². The molecule has 0 atom stereocenters. The van der Waals surface area contributed by atoms with Gasteiger partial charge in [-0.25, -0.2) is 4.98 Å². The molecular formula is C30H32N4O3. The van der Waals surface area contributed by atoms with Gasteiger partial charge in [-0.1, -0.05) is 56.3 Å². The van der Waals surface area contributed by atoms with E-state index in [1.54, 1.807) is 14.2 Å². The molecule has 0 aliphatic heterocycles. The molecule has 0 spiro atoms. The summed E-state index contributed by atoms with van der Waals surface area (Å²) in [5.74, 6) is 1.88. The molecule has 0 bridgehead atoms. The van der Waals surface area contributed by atoms with Gasteiger partial charge in [-0.15, -0.1) is 0 Å². The topological polar surface area (TPSA) is 61.0 Å². The molecule has 7 nitrogen and oxygen atoms in total. The number of para-hydroxylation sites is 2. The average Bonchev–Trinajstić information content (AvgIpc) is 3.48. The standard InChI is InChI=1S/C30H32N4O3/c1-5-32(6-2)18-19-33-23-14-10-11-15-24(23)34-28(29(35)21-12-8-7-9-13-21)27(31-30(33)34)22-16-17-25(36-3)26(20-22)37-4/h7-17,20H,5-6,18-19H2,1-4H3. The number of carbonyl (C=O) groups is 1. The Bertz CT molecular complexity index is 1550. The van der Waals surface area contributed by atoms with E-state index in [1.807, 2.05) is 65.1 Å². The molecule has 5 rings (SSSR count). The zero-order valence-electron chi connectivity index (χ0n) is 21.8. The van der Waals surface area contributed by atoms with Crippen LogP contribution in [0.1, 0.15) is 29.9 Å². The summed E-state index contributed by atoms with van der Waals surface area (Å²) in [6.45, 7) is 7.97. The van der Waals surface area contributed by atoms with Crippen LogP contribution in [0, 0.1) is 0 Å². The number of imidazole rings is 2. The quantitative estimate of drug-likeness (QED) is 0.237. The molecule has 0 aliphatic rings. The number of fused-ring (bicyclic) bond motifs is 3. The fraction of sp³-hybridized carbons (Fsp3) is 0.267. The summed E-state index contributed by atoms with van der Waals surface area (Å²) in [4.78, 5) is 21.6. The molecule has 3 aromatic carbocycles. The molecular weight excluding hydrogens is 464 g/mol. The summed E-state index contributed by atoms with van der Waals surface area (Å²) >= 11 is 0. The van der Waals surface area contributed by atoms with E-state index in [-0.39, 0.29) is 5.78 Å². The highest BCUT2D eigenvalue weighted by atomic mass is 16.5. The highest BCUT2D eigenvalue weighted by Gasteiger charge is 2.27. The third-order valence-corrected chi connectivity index (χ3v) is 6.96. The summed E-state index contributed by atoms with van der Waals surface area (Å²) in [6.07, 6.45) is 0. The highest BCUT2D eigenvalue weighted by Crippen LogP contribution is 2.36. The van der Waals surface area contributed by atoms with Crippen molar-refractivity contribution in [2.24, 2.45) is 0 Å². The zero-order valence-corrected chi connectivity index (χ0v) is 21.8. The van der Waals surface area contributed by atoms with Crippen molar-refractivity contribution >= 4 is 22.6 Å². The molecule has 0 radical (unpaired) electrons. The van der Waals surface area contributed by atoms with Crippen molar-refractivity contribution in [2.75, 3.05) is 33.9 Å². The Balaban J connectivity index is 1.79. The van der Waals surface area contributed by atoms with Crippen LogP contribution in [-0.2, 0) is 6.54 Å². The predicted octanol–water partition coefficient (Wildman–Crippen LogP) is 5.55.